The van der Waals surface area contributed by atoms with Crippen molar-refractivity contribution in [2.45, 2.75) is 37.5 Å². The molecule has 0 aromatic heterocycles. The zero-order valence-electron chi connectivity index (χ0n) is 15.7. The first-order chi connectivity index (χ1) is 11.6. The molecule has 0 amide bonds. The molecule has 0 bridgehead atoms. The standard InChI is InChI=1S/C19H31N3OS.HI/c1-19(2,24-4)14-22-18(20-3)21-13-16-11-8-12-23-17(16)15-9-6-5-7-10-15;/h5-7,9-10,16-17H,8,11-14H2,1-4H3,(H2,20,21,22);1H. The van der Waals surface area contributed by atoms with Crippen molar-refractivity contribution in [3.05, 3.63) is 35.9 Å². The minimum absolute atomic E-state index is 0. The van der Waals surface area contributed by atoms with Gasteiger partial charge in [-0.2, -0.15) is 11.8 Å². The third-order valence-electron chi connectivity index (χ3n) is 4.56. The van der Waals surface area contributed by atoms with Crippen LogP contribution in [0.5, 0.6) is 0 Å². The summed E-state index contributed by atoms with van der Waals surface area (Å²) in [4.78, 5) is 4.35. The lowest BCUT2D eigenvalue weighted by Gasteiger charge is -2.33. The molecule has 1 aromatic rings. The fourth-order valence-corrected chi connectivity index (χ4v) is 3.10. The van der Waals surface area contributed by atoms with Crippen LogP contribution in [-0.2, 0) is 4.74 Å². The van der Waals surface area contributed by atoms with Crippen LogP contribution in [0.15, 0.2) is 35.3 Å². The number of hydrogen-bond donors (Lipinski definition) is 2. The first-order valence-corrected chi connectivity index (χ1v) is 9.94. The van der Waals surface area contributed by atoms with Crippen LogP contribution in [0.2, 0.25) is 0 Å². The van der Waals surface area contributed by atoms with Gasteiger partial charge in [0, 0.05) is 37.4 Å². The van der Waals surface area contributed by atoms with Gasteiger partial charge < -0.3 is 15.4 Å². The predicted molar refractivity (Wildman–Crippen MR) is 120 cm³/mol. The van der Waals surface area contributed by atoms with Crippen LogP contribution in [0, 0.1) is 5.92 Å². The van der Waals surface area contributed by atoms with Gasteiger partial charge in [0.2, 0.25) is 0 Å². The van der Waals surface area contributed by atoms with Gasteiger partial charge in [-0.3, -0.25) is 4.99 Å². The van der Waals surface area contributed by atoms with E-state index in [1.54, 1.807) is 0 Å². The highest BCUT2D eigenvalue weighted by molar-refractivity contribution is 14.0. The molecule has 2 atom stereocenters. The molecule has 0 spiro atoms. The van der Waals surface area contributed by atoms with Crippen LogP contribution in [0.3, 0.4) is 0 Å². The van der Waals surface area contributed by atoms with Crippen molar-refractivity contribution >= 4 is 41.7 Å². The Kier molecular flexibility index (Phi) is 10.2. The highest BCUT2D eigenvalue weighted by Gasteiger charge is 2.27. The molecule has 2 rings (SSSR count). The van der Waals surface area contributed by atoms with Gasteiger partial charge in [-0.1, -0.05) is 30.3 Å². The molecule has 2 N–H and O–H groups in total. The van der Waals surface area contributed by atoms with E-state index >= 15 is 0 Å². The number of rotatable bonds is 6. The van der Waals surface area contributed by atoms with Crippen LogP contribution in [0.25, 0.3) is 0 Å². The van der Waals surface area contributed by atoms with E-state index < -0.39 is 0 Å². The van der Waals surface area contributed by atoms with Gasteiger partial charge in [-0.15, -0.1) is 24.0 Å². The number of ether oxygens (including phenoxy) is 1. The minimum Gasteiger partial charge on any atom is -0.373 e. The molecule has 1 aliphatic rings. The van der Waals surface area contributed by atoms with Crippen molar-refractivity contribution < 1.29 is 4.74 Å². The summed E-state index contributed by atoms with van der Waals surface area (Å²) in [6.45, 7) is 7.08. The number of nitrogens with zero attached hydrogens (tertiary/aromatic N) is 1. The number of thioether (sulfide) groups is 1. The Morgan fingerprint density at radius 1 is 1.28 bits per heavy atom. The zero-order chi connectivity index (χ0) is 17.4. The Hall–Kier alpha value is -0.470. The Bertz CT molecular complexity index is 525. The van der Waals surface area contributed by atoms with Crippen LogP contribution >= 0.6 is 35.7 Å². The molecule has 25 heavy (non-hydrogen) atoms. The maximum atomic E-state index is 6.07. The molecule has 142 valence electrons. The van der Waals surface area contributed by atoms with Gasteiger partial charge in [0.25, 0.3) is 0 Å². The lowest BCUT2D eigenvalue weighted by Crippen LogP contribution is -2.45. The third kappa shape index (κ3) is 7.35. The fourth-order valence-electron chi connectivity index (χ4n) is 2.88. The van der Waals surface area contributed by atoms with E-state index in [0.717, 1.165) is 32.1 Å². The number of benzene rings is 1. The Morgan fingerprint density at radius 2 is 2.00 bits per heavy atom. The smallest absolute Gasteiger partial charge is 0.191 e. The minimum atomic E-state index is 0. The molecular formula is C19H32IN3OS. The van der Waals surface area contributed by atoms with E-state index in [-0.39, 0.29) is 34.8 Å². The molecule has 1 aliphatic heterocycles. The summed E-state index contributed by atoms with van der Waals surface area (Å²) in [6, 6.07) is 10.6. The Morgan fingerprint density at radius 3 is 2.64 bits per heavy atom. The largest absolute Gasteiger partial charge is 0.373 e. The van der Waals surface area contributed by atoms with Gasteiger partial charge in [0.15, 0.2) is 5.96 Å². The molecule has 0 aliphatic carbocycles. The molecule has 6 heteroatoms. The fraction of sp³-hybridized carbons (Fsp3) is 0.632. The van der Waals surface area contributed by atoms with Crippen LogP contribution < -0.4 is 10.6 Å². The number of hydrogen-bond acceptors (Lipinski definition) is 3. The first kappa shape index (κ1) is 22.6. The van der Waals surface area contributed by atoms with Crippen molar-refractivity contribution in [1.82, 2.24) is 10.6 Å². The zero-order valence-corrected chi connectivity index (χ0v) is 18.9. The third-order valence-corrected chi connectivity index (χ3v) is 5.81. The summed E-state index contributed by atoms with van der Waals surface area (Å²) in [5.74, 6) is 1.34. The van der Waals surface area contributed by atoms with Gasteiger partial charge in [-0.25, -0.2) is 0 Å². The monoisotopic (exact) mass is 477 g/mol. The maximum absolute atomic E-state index is 6.07. The van der Waals surface area contributed by atoms with Crippen molar-refractivity contribution in [2.24, 2.45) is 10.9 Å². The predicted octanol–water partition coefficient (Wildman–Crippen LogP) is 4.08. The summed E-state index contributed by atoms with van der Waals surface area (Å²) < 4.78 is 6.26. The first-order valence-electron chi connectivity index (χ1n) is 8.72. The van der Waals surface area contributed by atoms with E-state index in [2.05, 4.69) is 66.1 Å². The quantitative estimate of drug-likeness (QED) is 0.368. The van der Waals surface area contributed by atoms with Crippen molar-refractivity contribution in [1.29, 1.82) is 0 Å². The van der Waals surface area contributed by atoms with E-state index in [1.165, 1.54) is 12.0 Å². The van der Waals surface area contributed by atoms with Crippen LogP contribution in [0.1, 0.15) is 38.4 Å². The van der Waals surface area contributed by atoms with Crippen molar-refractivity contribution in [3.8, 4) is 0 Å². The summed E-state index contributed by atoms with van der Waals surface area (Å²) in [5, 5.41) is 6.92. The van der Waals surface area contributed by atoms with E-state index in [0.29, 0.717) is 5.92 Å². The Balaban J connectivity index is 0.00000312. The van der Waals surface area contributed by atoms with Gasteiger partial charge in [0.1, 0.15) is 0 Å². The van der Waals surface area contributed by atoms with Gasteiger partial charge in [-0.05, 0) is 38.5 Å². The SMILES string of the molecule is CN=C(NCC1CCCOC1c1ccccc1)NCC(C)(C)SC.I. The van der Waals surface area contributed by atoms with E-state index in [9.17, 15) is 0 Å². The lowest BCUT2D eigenvalue weighted by atomic mass is 9.89. The molecule has 1 heterocycles. The van der Waals surface area contributed by atoms with E-state index in [4.69, 9.17) is 4.74 Å². The molecule has 4 nitrogen and oxygen atoms in total. The summed E-state index contributed by atoms with van der Waals surface area (Å²) in [6.07, 6.45) is 4.62. The lowest BCUT2D eigenvalue weighted by molar-refractivity contribution is -0.0265. The Labute approximate surface area is 174 Å². The highest BCUT2D eigenvalue weighted by atomic mass is 127. The average molecular weight is 477 g/mol. The topological polar surface area (TPSA) is 45.7 Å². The van der Waals surface area contributed by atoms with Crippen molar-refractivity contribution in [3.63, 3.8) is 0 Å². The molecule has 1 saturated heterocycles. The molecule has 0 saturated carbocycles. The second-order valence-corrected chi connectivity index (χ2v) is 8.39. The average Bonchev–Trinajstić information content (AvgIpc) is 2.63. The summed E-state index contributed by atoms with van der Waals surface area (Å²) in [5.41, 5.74) is 1.27. The second-order valence-electron chi connectivity index (χ2n) is 6.87. The van der Waals surface area contributed by atoms with Crippen LogP contribution in [-0.4, -0.2) is 43.7 Å². The molecule has 0 radical (unpaired) electrons. The number of aliphatic imine (C=N–C) groups is 1. The second kappa shape index (κ2) is 11.3. The summed E-state index contributed by atoms with van der Waals surface area (Å²) >= 11 is 1.86. The van der Waals surface area contributed by atoms with Gasteiger partial charge in [0.05, 0.1) is 6.10 Å². The molecular weight excluding hydrogens is 445 g/mol. The molecule has 2 unspecified atom stereocenters. The summed E-state index contributed by atoms with van der Waals surface area (Å²) in [7, 11) is 1.83. The maximum Gasteiger partial charge on any atom is 0.191 e. The number of nitrogens with one attached hydrogen (secondary N) is 2. The van der Waals surface area contributed by atoms with Crippen LogP contribution in [0.4, 0.5) is 0 Å². The molecule has 1 aromatic carbocycles. The highest BCUT2D eigenvalue weighted by Crippen LogP contribution is 2.33. The molecule has 1 fully saturated rings. The van der Waals surface area contributed by atoms with Gasteiger partial charge >= 0.3 is 0 Å². The number of guanidine groups is 1. The number of halogens is 1. The van der Waals surface area contributed by atoms with E-state index in [1.807, 2.05) is 18.8 Å². The normalized spacial score (nSPS) is 21.4. The van der Waals surface area contributed by atoms with Crippen molar-refractivity contribution in [2.75, 3.05) is 33.0 Å².